The molecule has 0 atom stereocenters. The summed E-state index contributed by atoms with van der Waals surface area (Å²) in [5.74, 6) is 0.245. The minimum Gasteiger partial charge on any atom is -0.299 e. The first-order valence-electron chi connectivity index (χ1n) is 6.61. The van der Waals surface area contributed by atoms with Crippen LogP contribution in [0.15, 0.2) is 30.6 Å². The molecular weight excluding hydrogens is 238 g/mol. The van der Waals surface area contributed by atoms with E-state index in [1.807, 2.05) is 31.4 Å². The van der Waals surface area contributed by atoms with Gasteiger partial charge in [0.1, 0.15) is 5.78 Å². The third-order valence-electron chi connectivity index (χ3n) is 3.18. The Bertz CT molecular complexity index is 546. The molecule has 2 aromatic rings. The molecule has 2 rings (SSSR count). The summed E-state index contributed by atoms with van der Waals surface area (Å²) in [7, 11) is 1.89. The van der Waals surface area contributed by atoms with Gasteiger partial charge in [0.15, 0.2) is 0 Å². The van der Waals surface area contributed by atoms with Crippen LogP contribution in [0.2, 0.25) is 0 Å². The van der Waals surface area contributed by atoms with E-state index in [1.54, 1.807) is 10.9 Å². The molecule has 0 N–H and O–H groups in total. The van der Waals surface area contributed by atoms with Crippen molar-refractivity contribution in [1.29, 1.82) is 0 Å². The molecule has 0 bridgehead atoms. The first-order chi connectivity index (χ1) is 9.19. The molecule has 0 aromatic carbocycles. The third-order valence-corrected chi connectivity index (χ3v) is 3.18. The van der Waals surface area contributed by atoms with Gasteiger partial charge in [-0.05, 0) is 30.5 Å². The molecule has 0 aliphatic rings. The zero-order valence-electron chi connectivity index (χ0n) is 11.5. The van der Waals surface area contributed by atoms with Crippen LogP contribution < -0.4 is 0 Å². The summed E-state index contributed by atoms with van der Waals surface area (Å²) in [6.45, 7) is 2.07. The van der Waals surface area contributed by atoms with Gasteiger partial charge >= 0.3 is 0 Å². The second-order valence-electron chi connectivity index (χ2n) is 4.68. The van der Waals surface area contributed by atoms with E-state index in [2.05, 4.69) is 17.0 Å². The molecule has 0 saturated heterocycles. The average Bonchev–Trinajstić information content (AvgIpc) is 2.78. The van der Waals surface area contributed by atoms with Gasteiger partial charge in [0, 0.05) is 38.0 Å². The topological polar surface area (TPSA) is 47.8 Å². The molecular formula is C15H19N3O. The minimum atomic E-state index is 0.245. The van der Waals surface area contributed by atoms with Gasteiger partial charge in [-0.1, -0.05) is 13.0 Å². The minimum absolute atomic E-state index is 0.245. The van der Waals surface area contributed by atoms with Crippen LogP contribution in [-0.4, -0.2) is 20.5 Å². The summed E-state index contributed by atoms with van der Waals surface area (Å²) >= 11 is 0. The van der Waals surface area contributed by atoms with Crippen molar-refractivity contribution in [3.8, 4) is 0 Å². The number of carbonyl (C=O) groups is 1. The normalized spacial score (nSPS) is 10.6. The molecule has 0 aliphatic heterocycles. The van der Waals surface area contributed by atoms with Gasteiger partial charge in [0.25, 0.3) is 0 Å². The van der Waals surface area contributed by atoms with E-state index in [1.165, 1.54) is 0 Å². The van der Waals surface area contributed by atoms with Crippen molar-refractivity contribution in [3.05, 3.63) is 47.5 Å². The number of hydrogen-bond acceptors (Lipinski definition) is 3. The van der Waals surface area contributed by atoms with Crippen LogP contribution in [0.25, 0.3) is 0 Å². The van der Waals surface area contributed by atoms with Crippen molar-refractivity contribution < 1.29 is 4.79 Å². The van der Waals surface area contributed by atoms with Crippen molar-refractivity contribution in [2.75, 3.05) is 0 Å². The van der Waals surface area contributed by atoms with Crippen LogP contribution in [0, 0.1) is 0 Å². The van der Waals surface area contributed by atoms with E-state index in [0.717, 1.165) is 29.8 Å². The van der Waals surface area contributed by atoms with E-state index < -0.39 is 0 Å². The lowest BCUT2D eigenvalue weighted by atomic mass is 10.1. The van der Waals surface area contributed by atoms with Crippen LogP contribution in [0.3, 0.4) is 0 Å². The highest BCUT2D eigenvalue weighted by Crippen LogP contribution is 2.08. The number of aryl methyl sites for hydroxylation is 3. The number of pyridine rings is 1. The first-order valence-corrected chi connectivity index (χ1v) is 6.61. The number of carbonyl (C=O) groups excluding carboxylic acids is 1. The summed E-state index contributed by atoms with van der Waals surface area (Å²) in [6, 6.07) is 5.91. The molecule has 0 radical (unpaired) electrons. The molecule has 19 heavy (non-hydrogen) atoms. The quantitative estimate of drug-likeness (QED) is 0.796. The lowest BCUT2D eigenvalue weighted by molar-refractivity contribution is -0.118. The standard InChI is InChI=1S/C15H19N3O/c1-3-13-9-14(18(2)17-13)10-15(19)7-6-12-5-4-8-16-11-12/h4-5,8-9,11H,3,6-7,10H2,1-2H3. The number of hydrogen-bond donors (Lipinski definition) is 0. The highest BCUT2D eigenvalue weighted by atomic mass is 16.1. The molecule has 100 valence electrons. The van der Waals surface area contributed by atoms with Gasteiger partial charge in [0.05, 0.1) is 5.69 Å². The lowest BCUT2D eigenvalue weighted by Gasteiger charge is -2.02. The molecule has 0 spiro atoms. The van der Waals surface area contributed by atoms with Crippen molar-refractivity contribution in [1.82, 2.24) is 14.8 Å². The number of aromatic nitrogens is 3. The van der Waals surface area contributed by atoms with E-state index >= 15 is 0 Å². The zero-order valence-corrected chi connectivity index (χ0v) is 11.5. The Morgan fingerprint density at radius 2 is 2.26 bits per heavy atom. The summed E-state index contributed by atoms with van der Waals surface area (Å²) in [4.78, 5) is 16.0. The van der Waals surface area contributed by atoms with Gasteiger partial charge < -0.3 is 0 Å². The van der Waals surface area contributed by atoms with E-state index in [9.17, 15) is 4.79 Å². The maximum atomic E-state index is 12.0. The Kier molecular flexibility index (Phi) is 4.44. The summed E-state index contributed by atoms with van der Waals surface area (Å²) in [5.41, 5.74) is 3.14. The molecule has 2 aromatic heterocycles. The van der Waals surface area contributed by atoms with Crippen LogP contribution >= 0.6 is 0 Å². The van der Waals surface area contributed by atoms with Gasteiger partial charge in [-0.15, -0.1) is 0 Å². The Hall–Kier alpha value is -1.97. The van der Waals surface area contributed by atoms with Gasteiger partial charge in [-0.3, -0.25) is 14.5 Å². The third kappa shape index (κ3) is 3.74. The molecule has 2 heterocycles. The highest BCUT2D eigenvalue weighted by Gasteiger charge is 2.09. The number of rotatable bonds is 6. The van der Waals surface area contributed by atoms with E-state index in [-0.39, 0.29) is 5.78 Å². The summed E-state index contributed by atoms with van der Waals surface area (Å²) < 4.78 is 1.81. The van der Waals surface area contributed by atoms with Crippen molar-refractivity contribution in [3.63, 3.8) is 0 Å². The average molecular weight is 257 g/mol. The number of Topliss-reactive ketones (excluding diaryl/α,β-unsaturated/α-hetero) is 1. The highest BCUT2D eigenvalue weighted by molar-refractivity contribution is 5.80. The fraction of sp³-hybridized carbons (Fsp3) is 0.400. The van der Waals surface area contributed by atoms with Crippen LogP contribution in [0.5, 0.6) is 0 Å². The second kappa shape index (κ2) is 6.27. The fourth-order valence-corrected chi connectivity index (χ4v) is 2.03. The molecule has 4 heteroatoms. The Labute approximate surface area is 113 Å². The molecule has 4 nitrogen and oxygen atoms in total. The maximum Gasteiger partial charge on any atom is 0.139 e. The van der Waals surface area contributed by atoms with Crippen LogP contribution in [-0.2, 0) is 31.1 Å². The SMILES string of the molecule is CCc1cc(CC(=O)CCc2cccnc2)n(C)n1. The first kappa shape index (κ1) is 13.5. The smallest absolute Gasteiger partial charge is 0.139 e. The lowest BCUT2D eigenvalue weighted by Crippen LogP contribution is -2.08. The van der Waals surface area contributed by atoms with Gasteiger partial charge in [-0.25, -0.2) is 0 Å². The van der Waals surface area contributed by atoms with Crippen molar-refractivity contribution in [2.24, 2.45) is 7.05 Å². The predicted octanol–water partition coefficient (Wildman–Crippen LogP) is 2.12. The van der Waals surface area contributed by atoms with Crippen LogP contribution in [0.4, 0.5) is 0 Å². The predicted molar refractivity (Wildman–Crippen MR) is 73.9 cm³/mol. The van der Waals surface area contributed by atoms with E-state index in [0.29, 0.717) is 12.8 Å². The molecule has 0 saturated carbocycles. The largest absolute Gasteiger partial charge is 0.299 e. The van der Waals surface area contributed by atoms with Gasteiger partial charge in [0.2, 0.25) is 0 Å². The summed E-state index contributed by atoms with van der Waals surface area (Å²) in [6.07, 6.45) is 6.23. The molecule has 0 unspecified atom stereocenters. The fourth-order valence-electron chi connectivity index (χ4n) is 2.03. The van der Waals surface area contributed by atoms with E-state index in [4.69, 9.17) is 0 Å². The summed E-state index contributed by atoms with van der Waals surface area (Å²) in [5, 5.41) is 4.35. The Balaban J connectivity index is 1.89. The number of nitrogens with zero attached hydrogens (tertiary/aromatic N) is 3. The Morgan fingerprint density at radius 1 is 1.42 bits per heavy atom. The monoisotopic (exact) mass is 257 g/mol. The molecule has 0 aliphatic carbocycles. The second-order valence-corrected chi connectivity index (χ2v) is 4.68. The molecule has 0 fully saturated rings. The Morgan fingerprint density at radius 3 is 2.89 bits per heavy atom. The molecule has 0 amide bonds. The maximum absolute atomic E-state index is 12.0. The van der Waals surface area contributed by atoms with Crippen LogP contribution in [0.1, 0.15) is 30.3 Å². The van der Waals surface area contributed by atoms with Gasteiger partial charge in [-0.2, -0.15) is 5.10 Å². The number of ketones is 1. The van der Waals surface area contributed by atoms with Crippen molar-refractivity contribution in [2.45, 2.75) is 32.6 Å². The van der Waals surface area contributed by atoms with Crippen molar-refractivity contribution >= 4 is 5.78 Å². The zero-order chi connectivity index (χ0) is 13.7.